The lowest BCUT2D eigenvalue weighted by Gasteiger charge is -2.28. The smallest absolute Gasteiger partial charge is 0.143 e. The van der Waals surface area contributed by atoms with Crippen molar-refractivity contribution in [3.05, 3.63) is 164 Å². The molecule has 0 N–H and O–H groups in total. The normalized spacial score (nSPS) is 11.3. The van der Waals surface area contributed by atoms with Gasteiger partial charge in [-0.25, -0.2) is 0 Å². The molecule has 0 aliphatic carbocycles. The monoisotopic (exact) mass is 537 g/mol. The van der Waals surface area contributed by atoms with Crippen molar-refractivity contribution in [2.75, 3.05) is 4.90 Å². The molecule has 42 heavy (non-hydrogen) atoms. The fourth-order valence-electron chi connectivity index (χ4n) is 6.03. The first kappa shape index (κ1) is 24.2. The predicted octanol–water partition coefficient (Wildman–Crippen LogP) is 11.5. The molecule has 2 heteroatoms. The highest BCUT2D eigenvalue weighted by Crippen LogP contribution is 2.44. The topological polar surface area (TPSA) is 16.4 Å². The molecular weight excluding hydrogens is 510 g/mol. The summed E-state index contributed by atoms with van der Waals surface area (Å²) >= 11 is 0. The molecule has 0 fully saturated rings. The molecule has 1 aromatic heterocycles. The number of benzene rings is 7. The molecule has 8 rings (SSSR count). The Balaban J connectivity index is 1.36. The molecule has 0 unspecified atom stereocenters. The highest BCUT2D eigenvalue weighted by Gasteiger charge is 2.20. The van der Waals surface area contributed by atoms with Gasteiger partial charge in [0, 0.05) is 39.2 Å². The van der Waals surface area contributed by atoms with Crippen LogP contribution >= 0.6 is 0 Å². The van der Waals surface area contributed by atoms with Gasteiger partial charge in [0.25, 0.3) is 0 Å². The molecule has 0 amide bonds. The zero-order chi connectivity index (χ0) is 27.9. The predicted molar refractivity (Wildman–Crippen MR) is 177 cm³/mol. The molecule has 1 heterocycles. The van der Waals surface area contributed by atoms with Crippen molar-refractivity contribution in [2.24, 2.45) is 0 Å². The maximum atomic E-state index is 6.59. The van der Waals surface area contributed by atoms with Crippen LogP contribution in [0.4, 0.5) is 17.1 Å². The quantitative estimate of drug-likeness (QED) is 0.217. The van der Waals surface area contributed by atoms with Crippen molar-refractivity contribution in [1.82, 2.24) is 0 Å². The molecule has 0 saturated carbocycles. The summed E-state index contributed by atoms with van der Waals surface area (Å²) in [5.41, 5.74) is 9.76. The third kappa shape index (κ3) is 4.13. The van der Waals surface area contributed by atoms with E-state index in [1.807, 2.05) is 0 Å². The molecule has 0 atom stereocenters. The van der Waals surface area contributed by atoms with Crippen molar-refractivity contribution < 1.29 is 4.42 Å². The van der Waals surface area contributed by atoms with E-state index >= 15 is 0 Å². The minimum absolute atomic E-state index is 0.877. The van der Waals surface area contributed by atoms with Gasteiger partial charge in [-0.2, -0.15) is 0 Å². The first-order valence-corrected chi connectivity index (χ1v) is 14.3. The summed E-state index contributed by atoms with van der Waals surface area (Å²) in [4.78, 5) is 2.34. The van der Waals surface area contributed by atoms with E-state index in [1.54, 1.807) is 0 Å². The van der Waals surface area contributed by atoms with E-state index in [1.165, 1.54) is 22.1 Å². The van der Waals surface area contributed by atoms with Crippen LogP contribution in [0.2, 0.25) is 0 Å². The number of rotatable bonds is 5. The molecule has 0 aliphatic rings. The lowest BCUT2D eigenvalue weighted by atomic mass is 9.96. The van der Waals surface area contributed by atoms with Gasteiger partial charge in [-0.15, -0.1) is 0 Å². The van der Waals surface area contributed by atoms with Crippen LogP contribution in [0.5, 0.6) is 0 Å². The minimum atomic E-state index is 0.877. The Hall–Kier alpha value is -5.60. The second kappa shape index (κ2) is 10.1. The van der Waals surface area contributed by atoms with Crippen molar-refractivity contribution in [2.45, 2.75) is 0 Å². The fraction of sp³-hybridized carbons (Fsp3) is 0. The molecule has 0 radical (unpaired) electrons. The molecule has 2 nitrogen and oxygen atoms in total. The van der Waals surface area contributed by atoms with Gasteiger partial charge in [-0.1, -0.05) is 115 Å². The lowest BCUT2D eigenvalue weighted by molar-refractivity contribution is 0.672. The van der Waals surface area contributed by atoms with E-state index in [0.29, 0.717) is 0 Å². The third-order valence-corrected chi connectivity index (χ3v) is 8.05. The Morgan fingerprint density at radius 3 is 1.86 bits per heavy atom. The molecule has 0 bridgehead atoms. The van der Waals surface area contributed by atoms with E-state index < -0.39 is 0 Å². The van der Waals surface area contributed by atoms with Crippen molar-refractivity contribution in [1.29, 1.82) is 0 Å². The van der Waals surface area contributed by atoms with E-state index in [-0.39, 0.29) is 0 Å². The number of fused-ring (bicyclic) bond motifs is 5. The number of anilines is 3. The summed E-state index contributed by atoms with van der Waals surface area (Å²) < 4.78 is 6.59. The van der Waals surface area contributed by atoms with E-state index in [4.69, 9.17) is 4.42 Å². The van der Waals surface area contributed by atoms with Gasteiger partial charge in [-0.05, 0) is 64.5 Å². The second-order valence-electron chi connectivity index (χ2n) is 10.6. The van der Waals surface area contributed by atoms with Crippen LogP contribution in [0.1, 0.15) is 0 Å². The van der Waals surface area contributed by atoms with E-state index in [9.17, 15) is 0 Å². The summed E-state index contributed by atoms with van der Waals surface area (Å²) in [5, 5.41) is 4.57. The summed E-state index contributed by atoms with van der Waals surface area (Å²) in [6.07, 6.45) is 0. The van der Waals surface area contributed by atoms with Crippen LogP contribution in [-0.4, -0.2) is 0 Å². The summed E-state index contributed by atoms with van der Waals surface area (Å²) in [5.74, 6) is 0. The molecule has 198 valence electrons. The number of hydrogen-bond acceptors (Lipinski definition) is 2. The van der Waals surface area contributed by atoms with Gasteiger partial charge >= 0.3 is 0 Å². The first-order chi connectivity index (χ1) is 20.8. The molecule has 7 aromatic carbocycles. The first-order valence-electron chi connectivity index (χ1n) is 14.3. The van der Waals surface area contributed by atoms with E-state index in [2.05, 4.69) is 169 Å². The van der Waals surface area contributed by atoms with Gasteiger partial charge in [0.15, 0.2) is 0 Å². The number of nitrogens with zero attached hydrogens (tertiary/aromatic N) is 1. The van der Waals surface area contributed by atoms with Gasteiger partial charge in [-0.3, -0.25) is 0 Å². The standard InChI is InChI=1S/C40H27NO/c1-4-12-28(13-5-1)31-21-25-38(37(26-31)29-14-6-2-7-15-29)41(32-17-8-3-9-18-32)33-22-24-35-36-23-20-30-16-10-11-19-34(30)40(36)42-39(35)27-33/h1-27H. The second-order valence-corrected chi connectivity index (χ2v) is 10.6. The largest absolute Gasteiger partial charge is 0.455 e. The summed E-state index contributed by atoms with van der Waals surface area (Å²) in [6, 6.07) is 57.9. The fourth-order valence-corrected chi connectivity index (χ4v) is 6.03. The lowest BCUT2D eigenvalue weighted by Crippen LogP contribution is -2.11. The average Bonchev–Trinajstić information content (AvgIpc) is 3.45. The Labute approximate surface area is 244 Å². The van der Waals surface area contributed by atoms with Crippen molar-refractivity contribution in [3.8, 4) is 22.3 Å². The molecule has 8 aromatic rings. The number of furan rings is 1. The number of para-hydroxylation sites is 1. The van der Waals surface area contributed by atoms with Gasteiger partial charge in [0.2, 0.25) is 0 Å². The summed E-state index contributed by atoms with van der Waals surface area (Å²) in [6.45, 7) is 0. The highest BCUT2D eigenvalue weighted by atomic mass is 16.3. The minimum Gasteiger partial charge on any atom is -0.455 e. The van der Waals surface area contributed by atoms with Crippen molar-refractivity contribution in [3.63, 3.8) is 0 Å². The van der Waals surface area contributed by atoms with Crippen LogP contribution in [0.25, 0.3) is 55.0 Å². The van der Waals surface area contributed by atoms with Crippen molar-refractivity contribution >= 4 is 49.8 Å². The summed E-state index contributed by atoms with van der Waals surface area (Å²) in [7, 11) is 0. The maximum Gasteiger partial charge on any atom is 0.143 e. The van der Waals surface area contributed by atoms with Crippen LogP contribution in [0.15, 0.2) is 168 Å². The van der Waals surface area contributed by atoms with Crippen LogP contribution in [0, 0.1) is 0 Å². The third-order valence-electron chi connectivity index (χ3n) is 8.05. The average molecular weight is 538 g/mol. The highest BCUT2D eigenvalue weighted by molar-refractivity contribution is 6.15. The van der Waals surface area contributed by atoms with Crippen LogP contribution in [0.3, 0.4) is 0 Å². The maximum absolute atomic E-state index is 6.59. The van der Waals surface area contributed by atoms with Crippen LogP contribution in [-0.2, 0) is 0 Å². The zero-order valence-electron chi connectivity index (χ0n) is 22.9. The van der Waals surface area contributed by atoms with E-state index in [0.717, 1.165) is 50.0 Å². The Morgan fingerprint density at radius 1 is 0.405 bits per heavy atom. The van der Waals surface area contributed by atoms with Gasteiger partial charge < -0.3 is 9.32 Å². The zero-order valence-corrected chi connectivity index (χ0v) is 22.9. The van der Waals surface area contributed by atoms with Gasteiger partial charge in [0.1, 0.15) is 11.2 Å². The molecule has 0 aliphatic heterocycles. The Morgan fingerprint density at radius 2 is 1.07 bits per heavy atom. The molecule has 0 spiro atoms. The molecule has 0 saturated heterocycles. The number of hydrogen-bond donors (Lipinski definition) is 0. The van der Waals surface area contributed by atoms with Crippen LogP contribution < -0.4 is 4.90 Å². The molecular formula is C40H27NO. The van der Waals surface area contributed by atoms with Gasteiger partial charge in [0.05, 0.1) is 5.69 Å². The SMILES string of the molecule is c1ccc(-c2ccc(N(c3ccccc3)c3ccc4c(c3)oc3c5ccccc5ccc43)c(-c3ccccc3)c2)cc1. The Bertz CT molecular complexity index is 2180. The Kier molecular flexibility index (Phi) is 5.82.